The van der Waals surface area contributed by atoms with Gasteiger partial charge >= 0.3 is 6.61 Å². The summed E-state index contributed by atoms with van der Waals surface area (Å²) in [7, 11) is -3.74. The third-order valence-electron chi connectivity index (χ3n) is 2.53. The molecule has 0 unspecified atom stereocenters. The van der Waals surface area contributed by atoms with Crippen molar-refractivity contribution in [3.63, 3.8) is 0 Å². The van der Waals surface area contributed by atoms with Crippen LogP contribution in [0.4, 0.5) is 8.78 Å². The van der Waals surface area contributed by atoms with Gasteiger partial charge in [-0.2, -0.15) is 8.78 Å². The molecule has 0 saturated heterocycles. The molecular formula is C12H9Br2F2NO3S2. The number of sulfonamides is 1. The Bertz CT molecular complexity index is 746. The Balaban J connectivity index is 2.16. The molecular weight excluding hydrogens is 468 g/mol. The molecule has 4 nitrogen and oxygen atoms in total. The molecule has 10 heteroatoms. The smallest absolute Gasteiger partial charge is 0.387 e. The second-order valence-corrected chi connectivity index (χ2v) is 9.22. The first-order valence-corrected chi connectivity index (χ1v) is 9.65. The van der Waals surface area contributed by atoms with Crippen LogP contribution in [0.25, 0.3) is 0 Å². The number of alkyl halides is 2. The number of hydrogen-bond donors (Lipinski definition) is 1. The van der Waals surface area contributed by atoms with Crippen LogP contribution >= 0.6 is 43.2 Å². The molecule has 0 aliphatic rings. The number of hydrogen-bond acceptors (Lipinski definition) is 4. The van der Waals surface area contributed by atoms with E-state index in [0.29, 0.717) is 13.8 Å². The second-order valence-electron chi connectivity index (χ2n) is 4.00. The molecule has 0 fully saturated rings. The van der Waals surface area contributed by atoms with Crippen molar-refractivity contribution in [3.05, 3.63) is 44.2 Å². The first-order valence-electron chi connectivity index (χ1n) is 5.77. The summed E-state index contributed by atoms with van der Waals surface area (Å²) in [4.78, 5) is 0. The van der Waals surface area contributed by atoms with Gasteiger partial charge in [0.25, 0.3) is 0 Å². The Morgan fingerprint density at radius 2 is 1.95 bits per heavy atom. The maximum atomic E-state index is 12.3. The first-order chi connectivity index (χ1) is 10.3. The van der Waals surface area contributed by atoms with E-state index in [0.717, 1.165) is 11.3 Å². The lowest BCUT2D eigenvalue weighted by molar-refractivity contribution is -0.0504. The van der Waals surface area contributed by atoms with Crippen molar-refractivity contribution in [2.24, 2.45) is 0 Å². The number of nitrogens with one attached hydrogen (secondary N) is 1. The van der Waals surface area contributed by atoms with E-state index in [-0.39, 0.29) is 16.5 Å². The highest BCUT2D eigenvalue weighted by molar-refractivity contribution is 9.13. The maximum Gasteiger partial charge on any atom is 0.387 e. The van der Waals surface area contributed by atoms with E-state index < -0.39 is 16.6 Å². The Labute approximate surface area is 146 Å². The topological polar surface area (TPSA) is 55.4 Å². The van der Waals surface area contributed by atoms with Gasteiger partial charge in [-0.15, -0.1) is 11.3 Å². The average molecular weight is 477 g/mol. The van der Waals surface area contributed by atoms with E-state index in [4.69, 9.17) is 0 Å². The van der Waals surface area contributed by atoms with Crippen LogP contribution in [0.1, 0.15) is 5.56 Å². The summed E-state index contributed by atoms with van der Waals surface area (Å²) in [6, 6.07) is 7.47. The number of thiophene rings is 1. The molecule has 0 saturated carbocycles. The predicted molar refractivity (Wildman–Crippen MR) is 86.8 cm³/mol. The fourth-order valence-corrected chi connectivity index (χ4v) is 5.43. The van der Waals surface area contributed by atoms with Crippen molar-refractivity contribution in [1.29, 1.82) is 0 Å². The number of para-hydroxylation sites is 1. The summed E-state index contributed by atoms with van der Waals surface area (Å²) in [5.74, 6) is -0.0614. The molecule has 0 amide bonds. The van der Waals surface area contributed by atoms with Crippen LogP contribution in [0.15, 0.2) is 42.8 Å². The quantitative estimate of drug-likeness (QED) is 0.674. The van der Waals surface area contributed by atoms with E-state index in [1.54, 1.807) is 6.07 Å². The molecule has 120 valence electrons. The molecule has 1 aromatic heterocycles. The summed E-state index contributed by atoms with van der Waals surface area (Å²) < 4.78 is 57.1. The van der Waals surface area contributed by atoms with Crippen molar-refractivity contribution in [3.8, 4) is 5.75 Å². The van der Waals surface area contributed by atoms with Gasteiger partial charge in [0.15, 0.2) is 0 Å². The summed E-state index contributed by atoms with van der Waals surface area (Å²) >= 11 is 7.47. The highest BCUT2D eigenvalue weighted by Gasteiger charge is 2.19. The molecule has 0 atom stereocenters. The van der Waals surface area contributed by atoms with E-state index in [9.17, 15) is 17.2 Å². The van der Waals surface area contributed by atoms with Gasteiger partial charge in [0.2, 0.25) is 10.0 Å². The number of benzene rings is 1. The van der Waals surface area contributed by atoms with Crippen molar-refractivity contribution < 1.29 is 21.9 Å². The SMILES string of the molecule is O=S(=O)(NCc1ccccc1OC(F)F)c1cc(Br)c(Br)s1. The largest absolute Gasteiger partial charge is 0.434 e. The van der Waals surface area contributed by atoms with Crippen LogP contribution in [-0.2, 0) is 16.6 Å². The first kappa shape index (κ1) is 17.8. The molecule has 1 N–H and O–H groups in total. The molecule has 0 bridgehead atoms. The average Bonchev–Trinajstić information content (AvgIpc) is 2.78. The Morgan fingerprint density at radius 3 is 2.55 bits per heavy atom. The highest BCUT2D eigenvalue weighted by Crippen LogP contribution is 2.34. The number of halogens is 4. The van der Waals surface area contributed by atoms with Crippen LogP contribution in [-0.4, -0.2) is 15.0 Å². The zero-order valence-corrected chi connectivity index (χ0v) is 15.5. The Hall–Kier alpha value is -0.550. The third kappa shape index (κ3) is 4.48. The molecule has 22 heavy (non-hydrogen) atoms. The molecule has 0 aliphatic heterocycles. The summed E-state index contributed by atoms with van der Waals surface area (Å²) in [6.45, 7) is -3.12. The van der Waals surface area contributed by atoms with E-state index in [2.05, 4.69) is 41.3 Å². The van der Waals surface area contributed by atoms with Crippen molar-refractivity contribution in [2.75, 3.05) is 0 Å². The zero-order chi connectivity index (χ0) is 16.3. The van der Waals surface area contributed by atoms with Crippen molar-refractivity contribution >= 4 is 53.2 Å². The molecule has 1 heterocycles. The van der Waals surface area contributed by atoms with Gasteiger partial charge < -0.3 is 4.74 Å². The lowest BCUT2D eigenvalue weighted by Gasteiger charge is -2.11. The molecule has 0 aliphatic carbocycles. The van der Waals surface area contributed by atoms with Gasteiger partial charge in [0.05, 0.1) is 3.79 Å². The Kier molecular flexibility index (Phi) is 5.94. The third-order valence-corrected chi connectivity index (χ3v) is 7.66. The second kappa shape index (κ2) is 7.35. The van der Waals surface area contributed by atoms with Crippen LogP contribution in [0.3, 0.4) is 0 Å². The van der Waals surface area contributed by atoms with Crippen molar-refractivity contribution in [1.82, 2.24) is 4.72 Å². The van der Waals surface area contributed by atoms with E-state index >= 15 is 0 Å². The highest BCUT2D eigenvalue weighted by atomic mass is 79.9. The van der Waals surface area contributed by atoms with Crippen LogP contribution in [0, 0.1) is 0 Å². The minimum atomic E-state index is -3.74. The van der Waals surface area contributed by atoms with Gasteiger partial charge in [-0.25, -0.2) is 13.1 Å². The molecule has 0 radical (unpaired) electrons. The van der Waals surface area contributed by atoms with Crippen LogP contribution < -0.4 is 9.46 Å². The Morgan fingerprint density at radius 1 is 1.27 bits per heavy atom. The van der Waals surface area contributed by atoms with Crippen molar-refractivity contribution in [2.45, 2.75) is 17.4 Å². The predicted octanol–water partition coefficient (Wildman–Crippen LogP) is 4.35. The van der Waals surface area contributed by atoms with Gasteiger partial charge in [-0.1, -0.05) is 18.2 Å². The lowest BCUT2D eigenvalue weighted by Crippen LogP contribution is -2.23. The fraction of sp³-hybridized carbons (Fsp3) is 0.167. The van der Waals surface area contributed by atoms with E-state index in [1.165, 1.54) is 24.3 Å². The number of ether oxygens (including phenoxy) is 1. The monoisotopic (exact) mass is 475 g/mol. The van der Waals surface area contributed by atoms with Gasteiger partial charge in [-0.3, -0.25) is 0 Å². The van der Waals surface area contributed by atoms with Crippen LogP contribution in [0.2, 0.25) is 0 Å². The fourth-order valence-electron chi connectivity index (χ4n) is 1.56. The molecule has 2 aromatic rings. The molecule has 1 aromatic carbocycles. The zero-order valence-electron chi connectivity index (χ0n) is 10.7. The minimum absolute atomic E-state index is 0.0614. The summed E-state index contributed by atoms with van der Waals surface area (Å²) in [6.07, 6.45) is 0. The summed E-state index contributed by atoms with van der Waals surface area (Å²) in [5, 5.41) is 0. The normalized spacial score (nSPS) is 11.9. The van der Waals surface area contributed by atoms with Gasteiger partial charge in [0.1, 0.15) is 9.96 Å². The number of rotatable bonds is 6. The van der Waals surface area contributed by atoms with Gasteiger partial charge in [-0.05, 0) is 44.0 Å². The van der Waals surface area contributed by atoms with E-state index in [1.807, 2.05) is 0 Å². The van der Waals surface area contributed by atoms with Crippen LogP contribution in [0.5, 0.6) is 5.75 Å². The summed E-state index contributed by atoms with van der Waals surface area (Å²) in [5.41, 5.74) is 0.320. The molecule has 0 spiro atoms. The standard InChI is InChI=1S/C12H9Br2F2NO3S2/c13-8-5-10(21-11(8)14)22(18,19)17-6-7-3-1-2-4-9(7)20-12(15)16/h1-5,12,17H,6H2. The maximum absolute atomic E-state index is 12.3. The lowest BCUT2D eigenvalue weighted by atomic mass is 10.2. The minimum Gasteiger partial charge on any atom is -0.434 e. The van der Waals surface area contributed by atoms with Gasteiger partial charge in [0, 0.05) is 16.6 Å². The molecule has 2 rings (SSSR count).